The Hall–Kier alpha value is -1.30. The molecule has 1 unspecified atom stereocenters. The second-order valence-electron chi connectivity index (χ2n) is 4.82. The number of hydrogen-bond acceptors (Lipinski definition) is 4. The molecule has 1 atom stereocenters. The molecule has 0 saturated carbocycles. The van der Waals surface area contributed by atoms with Gasteiger partial charge in [-0.15, -0.1) is 0 Å². The maximum Gasteiger partial charge on any atom is 0.223 e. The lowest BCUT2D eigenvalue weighted by Crippen LogP contribution is -2.41. The Bertz CT molecular complexity index is 521. The summed E-state index contributed by atoms with van der Waals surface area (Å²) < 4.78 is 28.1. The summed E-state index contributed by atoms with van der Waals surface area (Å²) in [6.07, 6.45) is 3.06. The number of aryl methyl sites for hydroxylation is 1. The van der Waals surface area contributed by atoms with Crippen LogP contribution in [-0.4, -0.2) is 43.3 Å². The van der Waals surface area contributed by atoms with Gasteiger partial charge in [0.2, 0.25) is 5.91 Å². The van der Waals surface area contributed by atoms with Crippen molar-refractivity contribution in [2.45, 2.75) is 32.2 Å². The molecule has 1 aliphatic heterocycles. The first-order valence-corrected chi connectivity index (χ1v) is 8.36. The van der Waals surface area contributed by atoms with Crippen LogP contribution in [0.3, 0.4) is 0 Å². The molecule has 106 valence electrons. The Labute approximate surface area is 113 Å². The average Bonchev–Trinajstić information content (AvgIpc) is 2.97. The van der Waals surface area contributed by atoms with Gasteiger partial charge in [-0.05, 0) is 25.5 Å². The maximum atomic E-state index is 12.2. The number of hydrogen-bond donors (Lipinski definition) is 0. The maximum absolute atomic E-state index is 12.2. The third-order valence-electron chi connectivity index (χ3n) is 3.48. The molecule has 6 heteroatoms. The number of furan rings is 1. The third kappa shape index (κ3) is 3.59. The second-order valence-corrected chi connectivity index (χ2v) is 7.04. The molecular weight excluding hydrogens is 266 g/mol. The lowest BCUT2D eigenvalue weighted by molar-refractivity contribution is -0.132. The van der Waals surface area contributed by atoms with Gasteiger partial charge in [-0.25, -0.2) is 8.42 Å². The van der Waals surface area contributed by atoms with Crippen molar-refractivity contribution in [2.24, 2.45) is 0 Å². The van der Waals surface area contributed by atoms with E-state index in [1.807, 2.05) is 13.0 Å². The van der Waals surface area contributed by atoms with E-state index in [1.165, 1.54) is 0 Å². The van der Waals surface area contributed by atoms with Gasteiger partial charge in [-0.3, -0.25) is 4.79 Å². The van der Waals surface area contributed by atoms with Crippen LogP contribution in [0.25, 0.3) is 0 Å². The van der Waals surface area contributed by atoms with Gasteiger partial charge in [0.1, 0.15) is 5.76 Å². The van der Waals surface area contributed by atoms with Crippen molar-refractivity contribution < 1.29 is 17.6 Å². The van der Waals surface area contributed by atoms with Crippen molar-refractivity contribution >= 4 is 15.7 Å². The minimum Gasteiger partial charge on any atom is -0.469 e. The van der Waals surface area contributed by atoms with Gasteiger partial charge in [0.05, 0.1) is 17.8 Å². The van der Waals surface area contributed by atoms with Crippen LogP contribution in [0, 0.1) is 0 Å². The molecule has 1 fully saturated rings. The van der Waals surface area contributed by atoms with E-state index in [4.69, 9.17) is 4.42 Å². The monoisotopic (exact) mass is 285 g/mol. The molecule has 0 aliphatic carbocycles. The number of amides is 1. The van der Waals surface area contributed by atoms with Gasteiger partial charge in [0.25, 0.3) is 0 Å². The van der Waals surface area contributed by atoms with Crippen molar-refractivity contribution in [3.8, 4) is 0 Å². The highest BCUT2D eigenvalue weighted by Crippen LogP contribution is 2.19. The number of carbonyl (C=O) groups is 1. The van der Waals surface area contributed by atoms with E-state index >= 15 is 0 Å². The number of rotatable bonds is 5. The van der Waals surface area contributed by atoms with Crippen molar-refractivity contribution in [1.82, 2.24) is 4.90 Å². The Balaban J connectivity index is 1.92. The Kier molecular flexibility index (Phi) is 4.29. The summed E-state index contributed by atoms with van der Waals surface area (Å²) >= 11 is 0. The van der Waals surface area contributed by atoms with Gasteiger partial charge < -0.3 is 9.32 Å². The van der Waals surface area contributed by atoms with Gasteiger partial charge >= 0.3 is 0 Å². The molecule has 1 aromatic heterocycles. The predicted octanol–water partition coefficient (Wildman–Crippen LogP) is 1.25. The second kappa shape index (κ2) is 5.77. The van der Waals surface area contributed by atoms with E-state index in [2.05, 4.69) is 0 Å². The molecule has 1 aromatic rings. The Morgan fingerprint density at radius 1 is 1.53 bits per heavy atom. The number of nitrogens with zero attached hydrogens (tertiary/aromatic N) is 1. The molecule has 1 aliphatic rings. The molecule has 2 rings (SSSR count). The molecule has 0 spiro atoms. The molecular formula is C13H19NO4S. The highest BCUT2D eigenvalue weighted by molar-refractivity contribution is 7.91. The summed E-state index contributed by atoms with van der Waals surface area (Å²) in [5, 5.41) is 0. The molecule has 2 heterocycles. The summed E-state index contributed by atoms with van der Waals surface area (Å²) in [7, 11) is -2.95. The summed E-state index contributed by atoms with van der Waals surface area (Å²) in [4.78, 5) is 13.8. The number of carbonyl (C=O) groups excluding carboxylic acids is 1. The van der Waals surface area contributed by atoms with E-state index in [0.717, 1.165) is 5.76 Å². The SMILES string of the molecule is CCN(C(=O)CCc1ccco1)C1CCS(=O)(=O)C1. The zero-order chi connectivity index (χ0) is 13.9. The van der Waals surface area contributed by atoms with Crippen LogP contribution in [0.2, 0.25) is 0 Å². The lowest BCUT2D eigenvalue weighted by Gasteiger charge is -2.26. The molecule has 0 N–H and O–H groups in total. The van der Waals surface area contributed by atoms with Gasteiger partial charge in [-0.1, -0.05) is 0 Å². The molecule has 1 amide bonds. The topological polar surface area (TPSA) is 67.6 Å². The van der Waals surface area contributed by atoms with Gasteiger partial charge in [0, 0.05) is 25.4 Å². The van der Waals surface area contributed by atoms with E-state index in [9.17, 15) is 13.2 Å². The largest absolute Gasteiger partial charge is 0.469 e. The van der Waals surface area contributed by atoms with Crippen molar-refractivity contribution in [3.63, 3.8) is 0 Å². The molecule has 5 nitrogen and oxygen atoms in total. The van der Waals surface area contributed by atoms with Gasteiger partial charge in [0.15, 0.2) is 9.84 Å². The summed E-state index contributed by atoms with van der Waals surface area (Å²) in [5.74, 6) is 1.08. The van der Waals surface area contributed by atoms with E-state index < -0.39 is 9.84 Å². The highest BCUT2D eigenvalue weighted by atomic mass is 32.2. The van der Waals surface area contributed by atoms with Crippen molar-refractivity contribution in [3.05, 3.63) is 24.2 Å². The molecule has 0 bridgehead atoms. The normalized spacial score (nSPS) is 21.4. The van der Waals surface area contributed by atoms with E-state index in [-0.39, 0.29) is 23.5 Å². The van der Waals surface area contributed by atoms with Crippen LogP contribution in [0.5, 0.6) is 0 Å². The number of sulfone groups is 1. The first kappa shape index (κ1) is 14.1. The van der Waals surface area contributed by atoms with Crippen LogP contribution in [0.1, 0.15) is 25.5 Å². The summed E-state index contributed by atoms with van der Waals surface area (Å²) in [6.45, 7) is 2.44. The first-order chi connectivity index (χ1) is 9.02. The van der Waals surface area contributed by atoms with Crippen molar-refractivity contribution in [1.29, 1.82) is 0 Å². The Morgan fingerprint density at radius 2 is 2.32 bits per heavy atom. The molecule has 1 saturated heterocycles. The zero-order valence-corrected chi connectivity index (χ0v) is 11.9. The average molecular weight is 285 g/mol. The van der Waals surface area contributed by atoms with Crippen LogP contribution in [0.15, 0.2) is 22.8 Å². The zero-order valence-electron chi connectivity index (χ0n) is 11.0. The van der Waals surface area contributed by atoms with Crippen molar-refractivity contribution in [2.75, 3.05) is 18.1 Å². The summed E-state index contributed by atoms with van der Waals surface area (Å²) in [6, 6.07) is 3.48. The highest BCUT2D eigenvalue weighted by Gasteiger charge is 2.33. The Morgan fingerprint density at radius 3 is 2.84 bits per heavy atom. The first-order valence-electron chi connectivity index (χ1n) is 6.54. The third-order valence-corrected chi connectivity index (χ3v) is 5.23. The predicted molar refractivity (Wildman–Crippen MR) is 71.5 cm³/mol. The smallest absolute Gasteiger partial charge is 0.223 e. The lowest BCUT2D eigenvalue weighted by atomic mass is 10.1. The van der Waals surface area contributed by atoms with Crippen LogP contribution >= 0.6 is 0 Å². The fourth-order valence-electron chi connectivity index (χ4n) is 2.49. The quantitative estimate of drug-likeness (QED) is 0.816. The minimum absolute atomic E-state index is 0.000926. The van der Waals surface area contributed by atoms with Crippen LogP contribution < -0.4 is 0 Å². The van der Waals surface area contributed by atoms with E-state index in [1.54, 1.807) is 17.2 Å². The minimum atomic E-state index is -2.95. The standard InChI is InChI=1S/C13H19NO4S/c1-2-14(11-7-9-19(16,17)10-11)13(15)6-5-12-4-3-8-18-12/h3-4,8,11H,2,5-7,9-10H2,1H3. The van der Waals surface area contributed by atoms with Crippen LogP contribution in [0.4, 0.5) is 0 Å². The molecule has 19 heavy (non-hydrogen) atoms. The fourth-order valence-corrected chi connectivity index (χ4v) is 4.22. The molecule has 0 aromatic carbocycles. The van der Waals surface area contributed by atoms with Crippen LogP contribution in [-0.2, 0) is 21.1 Å². The summed E-state index contributed by atoms with van der Waals surface area (Å²) in [5.41, 5.74) is 0. The van der Waals surface area contributed by atoms with E-state index in [0.29, 0.717) is 25.8 Å². The molecule has 0 radical (unpaired) electrons. The fraction of sp³-hybridized carbons (Fsp3) is 0.615. The van der Waals surface area contributed by atoms with Gasteiger partial charge in [-0.2, -0.15) is 0 Å².